The number of para-hydroxylation sites is 1. The lowest BCUT2D eigenvalue weighted by molar-refractivity contribution is -0.116. The normalized spacial score (nSPS) is 14.4. The molecule has 26 heavy (non-hydrogen) atoms. The van der Waals surface area contributed by atoms with Crippen LogP contribution in [0.3, 0.4) is 0 Å². The van der Waals surface area contributed by atoms with Gasteiger partial charge in [0.05, 0.1) is 16.6 Å². The average Bonchev–Trinajstić information content (AvgIpc) is 2.99. The summed E-state index contributed by atoms with van der Waals surface area (Å²) in [5.41, 5.74) is 1.50. The molecule has 0 atom stereocenters. The van der Waals surface area contributed by atoms with Gasteiger partial charge in [0.15, 0.2) is 5.13 Å². The first-order valence-electron chi connectivity index (χ1n) is 8.44. The summed E-state index contributed by atoms with van der Waals surface area (Å²) < 4.78 is 1.40. The van der Waals surface area contributed by atoms with Gasteiger partial charge in [0.1, 0.15) is 12.4 Å². The van der Waals surface area contributed by atoms with Crippen LogP contribution in [0.15, 0.2) is 29.1 Å². The first-order chi connectivity index (χ1) is 12.5. The molecule has 1 amide bonds. The SMILES string of the molecule is Cc1nc2ccccc2c(=O)n1CC(=O)Nc1nc2c(s1)CN(C)CC2. The largest absolute Gasteiger partial charge is 0.301 e. The lowest BCUT2D eigenvalue weighted by Crippen LogP contribution is -2.30. The topological polar surface area (TPSA) is 80.1 Å². The van der Waals surface area contributed by atoms with Crippen molar-refractivity contribution in [1.82, 2.24) is 19.4 Å². The van der Waals surface area contributed by atoms with Crippen LogP contribution < -0.4 is 10.9 Å². The van der Waals surface area contributed by atoms with E-state index < -0.39 is 0 Å². The van der Waals surface area contributed by atoms with Crippen molar-refractivity contribution in [2.45, 2.75) is 26.4 Å². The number of hydrogen-bond donors (Lipinski definition) is 1. The second-order valence-electron chi connectivity index (χ2n) is 6.49. The Bertz CT molecular complexity index is 1060. The van der Waals surface area contributed by atoms with Gasteiger partial charge in [-0.2, -0.15) is 0 Å². The molecule has 134 valence electrons. The summed E-state index contributed by atoms with van der Waals surface area (Å²) in [4.78, 5) is 37.5. The first kappa shape index (κ1) is 16.9. The lowest BCUT2D eigenvalue weighted by atomic mass is 10.2. The molecular weight excluding hydrogens is 350 g/mol. The van der Waals surface area contributed by atoms with Crippen LogP contribution in [-0.4, -0.2) is 38.9 Å². The van der Waals surface area contributed by atoms with Crippen molar-refractivity contribution in [1.29, 1.82) is 0 Å². The van der Waals surface area contributed by atoms with Crippen LogP contribution in [0.4, 0.5) is 5.13 Å². The van der Waals surface area contributed by atoms with E-state index in [1.807, 2.05) is 6.07 Å². The van der Waals surface area contributed by atoms with Gasteiger partial charge in [0, 0.05) is 24.4 Å². The van der Waals surface area contributed by atoms with E-state index in [2.05, 4.69) is 27.2 Å². The molecule has 8 heteroatoms. The van der Waals surface area contributed by atoms with E-state index in [0.29, 0.717) is 21.9 Å². The molecule has 0 saturated carbocycles. The van der Waals surface area contributed by atoms with E-state index in [1.54, 1.807) is 25.1 Å². The van der Waals surface area contributed by atoms with Gasteiger partial charge in [-0.3, -0.25) is 14.2 Å². The number of aryl methyl sites for hydroxylation is 1. The van der Waals surface area contributed by atoms with Crippen LogP contribution in [-0.2, 0) is 24.3 Å². The van der Waals surface area contributed by atoms with Crippen molar-refractivity contribution in [2.24, 2.45) is 0 Å². The van der Waals surface area contributed by atoms with Gasteiger partial charge in [-0.05, 0) is 26.1 Å². The Hall–Kier alpha value is -2.58. The van der Waals surface area contributed by atoms with Crippen LogP contribution in [0.5, 0.6) is 0 Å². The van der Waals surface area contributed by atoms with E-state index in [-0.39, 0.29) is 18.0 Å². The predicted molar refractivity (Wildman–Crippen MR) is 102 cm³/mol. The maximum absolute atomic E-state index is 12.7. The van der Waals surface area contributed by atoms with Crippen molar-refractivity contribution in [3.05, 3.63) is 51.0 Å². The number of amides is 1. The molecule has 0 aliphatic carbocycles. The summed E-state index contributed by atoms with van der Waals surface area (Å²) in [6.07, 6.45) is 0.894. The van der Waals surface area contributed by atoms with E-state index in [9.17, 15) is 9.59 Å². The quantitative estimate of drug-likeness (QED) is 0.761. The monoisotopic (exact) mass is 369 g/mol. The Morgan fingerprint density at radius 3 is 2.96 bits per heavy atom. The summed E-state index contributed by atoms with van der Waals surface area (Å²) in [6.45, 7) is 3.49. The van der Waals surface area contributed by atoms with Crippen LogP contribution in [0.25, 0.3) is 10.9 Å². The number of fused-ring (bicyclic) bond motifs is 2. The highest BCUT2D eigenvalue weighted by molar-refractivity contribution is 7.15. The number of anilines is 1. The predicted octanol–water partition coefficient (Wildman–Crippen LogP) is 1.79. The van der Waals surface area contributed by atoms with Gasteiger partial charge >= 0.3 is 0 Å². The second-order valence-corrected chi connectivity index (χ2v) is 7.58. The van der Waals surface area contributed by atoms with E-state index >= 15 is 0 Å². The molecule has 1 aliphatic rings. The lowest BCUT2D eigenvalue weighted by Gasteiger charge is -2.20. The minimum Gasteiger partial charge on any atom is -0.301 e. The fraction of sp³-hybridized carbons (Fsp3) is 0.333. The average molecular weight is 369 g/mol. The van der Waals surface area contributed by atoms with Gasteiger partial charge in [0.25, 0.3) is 5.56 Å². The minimum absolute atomic E-state index is 0.0767. The number of hydrogen-bond acceptors (Lipinski definition) is 6. The van der Waals surface area contributed by atoms with Crippen molar-refractivity contribution < 1.29 is 4.79 Å². The van der Waals surface area contributed by atoms with Crippen LogP contribution in [0.1, 0.15) is 16.4 Å². The highest BCUT2D eigenvalue weighted by Gasteiger charge is 2.19. The minimum atomic E-state index is -0.272. The maximum Gasteiger partial charge on any atom is 0.261 e. The van der Waals surface area contributed by atoms with Gasteiger partial charge in [-0.1, -0.05) is 12.1 Å². The molecule has 0 unspecified atom stereocenters. The van der Waals surface area contributed by atoms with Crippen molar-refractivity contribution >= 4 is 33.3 Å². The third kappa shape index (κ3) is 3.13. The highest BCUT2D eigenvalue weighted by Crippen LogP contribution is 2.27. The Balaban J connectivity index is 1.56. The highest BCUT2D eigenvalue weighted by atomic mass is 32.1. The fourth-order valence-electron chi connectivity index (χ4n) is 3.14. The molecule has 0 radical (unpaired) electrons. The molecule has 0 spiro atoms. The zero-order valence-electron chi connectivity index (χ0n) is 14.7. The Labute approximate surface area is 154 Å². The molecule has 1 N–H and O–H groups in total. The van der Waals surface area contributed by atoms with Gasteiger partial charge in [-0.25, -0.2) is 9.97 Å². The summed E-state index contributed by atoms with van der Waals surface area (Å²) in [5, 5.41) is 3.93. The summed E-state index contributed by atoms with van der Waals surface area (Å²) in [7, 11) is 2.07. The third-order valence-corrected chi connectivity index (χ3v) is 5.52. The molecule has 3 aromatic rings. The van der Waals surface area contributed by atoms with Crippen LogP contribution in [0.2, 0.25) is 0 Å². The molecule has 1 aromatic carbocycles. The van der Waals surface area contributed by atoms with E-state index in [4.69, 9.17) is 0 Å². The number of likely N-dealkylation sites (N-methyl/N-ethyl adjacent to an activating group) is 1. The molecule has 2 aromatic heterocycles. The third-order valence-electron chi connectivity index (χ3n) is 4.52. The molecule has 0 fully saturated rings. The molecule has 7 nitrogen and oxygen atoms in total. The van der Waals surface area contributed by atoms with Crippen molar-refractivity contribution in [2.75, 3.05) is 18.9 Å². The standard InChI is InChI=1S/C18H19N5O2S/c1-11-19-13-6-4-3-5-12(13)17(25)23(11)10-16(24)21-18-20-14-7-8-22(2)9-15(14)26-18/h3-6H,7-10H2,1-2H3,(H,20,21,24). The van der Waals surface area contributed by atoms with E-state index in [1.165, 1.54) is 20.8 Å². The smallest absolute Gasteiger partial charge is 0.261 e. The number of carbonyl (C=O) groups excluding carboxylic acids is 1. The zero-order valence-corrected chi connectivity index (χ0v) is 15.5. The van der Waals surface area contributed by atoms with Gasteiger partial charge in [-0.15, -0.1) is 11.3 Å². The number of nitrogens with zero attached hydrogens (tertiary/aromatic N) is 4. The first-order valence-corrected chi connectivity index (χ1v) is 9.26. The molecular formula is C18H19N5O2S. The molecule has 0 bridgehead atoms. The Morgan fingerprint density at radius 1 is 1.31 bits per heavy atom. The maximum atomic E-state index is 12.7. The number of thiazole rings is 1. The van der Waals surface area contributed by atoms with Gasteiger partial charge < -0.3 is 10.2 Å². The fourth-order valence-corrected chi connectivity index (χ4v) is 4.25. The van der Waals surface area contributed by atoms with Crippen molar-refractivity contribution in [3.63, 3.8) is 0 Å². The van der Waals surface area contributed by atoms with E-state index in [0.717, 1.165) is 25.2 Å². The number of aromatic nitrogens is 3. The number of nitrogens with one attached hydrogen (secondary N) is 1. The van der Waals surface area contributed by atoms with Crippen LogP contribution in [0, 0.1) is 6.92 Å². The summed E-state index contributed by atoms with van der Waals surface area (Å²) >= 11 is 1.50. The molecule has 1 aliphatic heterocycles. The number of carbonyl (C=O) groups is 1. The zero-order chi connectivity index (χ0) is 18.3. The molecule has 0 saturated heterocycles. The summed E-state index contributed by atoms with van der Waals surface area (Å²) in [5.74, 6) is 0.246. The Morgan fingerprint density at radius 2 is 2.12 bits per heavy atom. The summed E-state index contributed by atoms with van der Waals surface area (Å²) in [6, 6.07) is 7.16. The van der Waals surface area contributed by atoms with Gasteiger partial charge in [0.2, 0.25) is 5.91 Å². The number of rotatable bonds is 3. The van der Waals surface area contributed by atoms with Crippen molar-refractivity contribution in [3.8, 4) is 0 Å². The Kier molecular flexibility index (Phi) is 4.29. The second kappa shape index (κ2) is 6.62. The van der Waals surface area contributed by atoms with Crippen LogP contribution >= 0.6 is 11.3 Å². The number of benzene rings is 1. The molecule has 4 rings (SSSR count). The molecule has 3 heterocycles.